The zero-order valence-electron chi connectivity index (χ0n) is 8.52. The van der Waals surface area contributed by atoms with Crippen LogP contribution in [0.15, 0.2) is 0 Å². The Bertz CT molecular complexity index is 99.2. The van der Waals surface area contributed by atoms with Crippen LogP contribution < -0.4 is 11.1 Å². The van der Waals surface area contributed by atoms with Gasteiger partial charge in [-0.05, 0) is 40.3 Å². The van der Waals surface area contributed by atoms with Crippen molar-refractivity contribution in [2.45, 2.75) is 32.8 Å². The van der Waals surface area contributed by atoms with Crippen LogP contribution in [0.25, 0.3) is 0 Å². The maximum absolute atomic E-state index is 5.52. The maximum Gasteiger partial charge on any atom is 0.0599 e. The first-order valence-corrected chi connectivity index (χ1v) is 4.61. The zero-order chi connectivity index (χ0) is 9.45. The number of nitrogens with two attached hydrogens (primary N) is 1. The molecule has 12 heavy (non-hydrogen) atoms. The molecule has 0 unspecified atom stereocenters. The van der Waals surface area contributed by atoms with Gasteiger partial charge in [-0.3, -0.25) is 0 Å². The number of rotatable bonds is 6. The Morgan fingerprint density at radius 2 is 1.92 bits per heavy atom. The Hall–Kier alpha value is -0.120. The lowest BCUT2D eigenvalue weighted by Crippen LogP contribution is -2.27. The van der Waals surface area contributed by atoms with Crippen LogP contribution in [0.1, 0.15) is 27.2 Å². The summed E-state index contributed by atoms with van der Waals surface area (Å²) in [4.78, 5) is 0. The van der Waals surface area contributed by atoms with Gasteiger partial charge in [-0.2, -0.15) is 0 Å². The fourth-order valence-corrected chi connectivity index (χ4v) is 0.781. The molecule has 0 heterocycles. The molecule has 0 aliphatic carbocycles. The summed E-state index contributed by atoms with van der Waals surface area (Å²) >= 11 is 0. The monoisotopic (exact) mass is 174 g/mol. The molecule has 3 N–H and O–H groups in total. The number of hydrogen-bond acceptors (Lipinski definition) is 3. The molecule has 0 saturated carbocycles. The SMILES string of the molecule is CC(C)(C)OCCNCCCN. The van der Waals surface area contributed by atoms with Gasteiger partial charge in [0, 0.05) is 6.54 Å². The van der Waals surface area contributed by atoms with Gasteiger partial charge in [-0.1, -0.05) is 0 Å². The van der Waals surface area contributed by atoms with Crippen LogP contribution in [0.4, 0.5) is 0 Å². The van der Waals surface area contributed by atoms with Crippen molar-refractivity contribution in [1.82, 2.24) is 5.32 Å². The first kappa shape index (κ1) is 11.9. The van der Waals surface area contributed by atoms with Crippen molar-refractivity contribution >= 4 is 0 Å². The predicted molar refractivity (Wildman–Crippen MR) is 52.2 cm³/mol. The minimum atomic E-state index is -0.0183. The second kappa shape index (κ2) is 6.40. The van der Waals surface area contributed by atoms with Gasteiger partial charge in [0.2, 0.25) is 0 Å². The summed E-state index contributed by atoms with van der Waals surface area (Å²) in [5.74, 6) is 0. The lowest BCUT2D eigenvalue weighted by molar-refractivity contribution is -0.000737. The molecule has 0 saturated heterocycles. The highest BCUT2D eigenvalue weighted by molar-refractivity contribution is 4.59. The Kier molecular flexibility index (Phi) is 6.34. The second-order valence-electron chi connectivity index (χ2n) is 3.85. The third-order valence-corrected chi connectivity index (χ3v) is 1.37. The van der Waals surface area contributed by atoms with E-state index in [0.717, 1.165) is 32.7 Å². The molecule has 0 aliphatic heterocycles. The smallest absolute Gasteiger partial charge is 0.0599 e. The van der Waals surface area contributed by atoms with Crippen molar-refractivity contribution in [1.29, 1.82) is 0 Å². The van der Waals surface area contributed by atoms with Crippen LogP contribution >= 0.6 is 0 Å². The largest absolute Gasteiger partial charge is 0.375 e. The van der Waals surface area contributed by atoms with E-state index in [4.69, 9.17) is 10.5 Å². The molecule has 3 nitrogen and oxygen atoms in total. The van der Waals surface area contributed by atoms with E-state index in [1.165, 1.54) is 0 Å². The van der Waals surface area contributed by atoms with Crippen LogP contribution in [0.3, 0.4) is 0 Å². The summed E-state index contributed by atoms with van der Waals surface area (Å²) in [6.45, 7) is 9.62. The van der Waals surface area contributed by atoms with E-state index in [9.17, 15) is 0 Å². The van der Waals surface area contributed by atoms with Crippen LogP contribution in [0.5, 0.6) is 0 Å². The standard InChI is InChI=1S/C9H22N2O/c1-9(2,3)12-8-7-11-6-4-5-10/h11H,4-8,10H2,1-3H3. The van der Waals surface area contributed by atoms with E-state index in [-0.39, 0.29) is 5.60 Å². The second-order valence-corrected chi connectivity index (χ2v) is 3.85. The summed E-state index contributed by atoms with van der Waals surface area (Å²) < 4.78 is 5.52. The zero-order valence-corrected chi connectivity index (χ0v) is 8.52. The molecule has 0 aromatic carbocycles. The van der Waals surface area contributed by atoms with E-state index in [2.05, 4.69) is 26.1 Å². The van der Waals surface area contributed by atoms with Gasteiger partial charge < -0.3 is 15.8 Å². The molecular weight excluding hydrogens is 152 g/mol. The van der Waals surface area contributed by atoms with Crippen LogP contribution in [-0.2, 0) is 4.74 Å². The Morgan fingerprint density at radius 3 is 2.42 bits per heavy atom. The highest BCUT2D eigenvalue weighted by Crippen LogP contribution is 2.04. The number of ether oxygens (including phenoxy) is 1. The fourth-order valence-electron chi connectivity index (χ4n) is 0.781. The van der Waals surface area contributed by atoms with Gasteiger partial charge >= 0.3 is 0 Å². The first-order chi connectivity index (χ1) is 5.56. The average Bonchev–Trinajstić information content (AvgIpc) is 1.94. The maximum atomic E-state index is 5.52. The van der Waals surface area contributed by atoms with Crippen molar-refractivity contribution in [3.05, 3.63) is 0 Å². The molecule has 3 heteroatoms. The van der Waals surface area contributed by atoms with Gasteiger partial charge in [0.05, 0.1) is 12.2 Å². The molecule has 0 amide bonds. The summed E-state index contributed by atoms with van der Waals surface area (Å²) in [6, 6.07) is 0. The summed E-state index contributed by atoms with van der Waals surface area (Å²) in [5, 5.41) is 3.25. The van der Waals surface area contributed by atoms with E-state index >= 15 is 0 Å². The molecular formula is C9H22N2O. The molecule has 0 radical (unpaired) electrons. The lowest BCUT2D eigenvalue weighted by Gasteiger charge is -2.19. The van der Waals surface area contributed by atoms with E-state index < -0.39 is 0 Å². The predicted octanol–water partition coefficient (Wildman–Crippen LogP) is 0.740. The summed E-state index contributed by atoms with van der Waals surface area (Å²) in [5.41, 5.74) is 5.32. The Labute approximate surface area is 75.7 Å². The quantitative estimate of drug-likeness (QED) is 0.584. The highest BCUT2D eigenvalue weighted by atomic mass is 16.5. The molecule has 0 aliphatic rings. The van der Waals surface area contributed by atoms with Gasteiger partial charge in [0.1, 0.15) is 0 Å². The van der Waals surface area contributed by atoms with E-state index in [1.54, 1.807) is 0 Å². The summed E-state index contributed by atoms with van der Waals surface area (Å²) in [6.07, 6.45) is 1.04. The lowest BCUT2D eigenvalue weighted by atomic mass is 10.2. The van der Waals surface area contributed by atoms with Crippen LogP contribution in [0.2, 0.25) is 0 Å². The molecule has 0 spiro atoms. The van der Waals surface area contributed by atoms with Crippen molar-refractivity contribution in [2.24, 2.45) is 5.73 Å². The van der Waals surface area contributed by atoms with Crippen molar-refractivity contribution in [2.75, 3.05) is 26.2 Å². The number of hydrogen-bond donors (Lipinski definition) is 2. The minimum absolute atomic E-state index is 0.0183. The topological polar surface area (TPSA) is 47.3 Å². The van der Waals surface area contributed by atoms with Gasteiger partial charge in [0.25, 0.3) is 0 Å². The molecule has 0 aromatic rings. The van der Waals surface area contributed by atoms with Crippen LogP contribution in [0, 0.1) is 0 Å². The highest BCUT2D eigenvalue weighted by Gasteiger charge is 2.08. The minimum Gasteiger partial charge on any atom is -0.375 e. The van der Waals surface area contributed by atoms with Crippen molar-refractivity contribution < 1.29 is 4.74 Å². The van der Waals surface area contributed by atoms with Crippen molar-refractivity contribution in [3.63, 3.8) is 0 Å². The average molecular weight is 174 g/mol. The van der Waals surface area contributed by atoms with Crippen LogP contribution in [-0.4, -0.2) is 31.8 Å². The Balaban J connectivity index is 3.01. The molecule has 0 rings (SSSR count). The van der Waals surface area contributed by atoms with Gasteiger partial charge in [-0.15, -0.1) is 0 Å². The first-order valence-electron chi connectivity index (χ1n) is 4.61. The molecule has 0 aromatic heterocycles. The number of nitrogens with one attached hydrogen (secondary N) is 1. The van der Waals surface area contributed by atoms with Gasteiger partial charge in [-0.25, -0.2) is 0 Å². The third kappa shape index (κ3) is 9.88. The van der Waals surface area contributed by atoms with Crippen molar-refractivity contribution in [3.8, 4) is 0 Å². The summed E-state index contributed by atoms with van der Waals surface area (Å²) in [7, 11) is 0. The third-order valence-electron chi connectivity index (χ3n) is 1.37. The normalized spacial score (nSPS) is 12.0. The Morgan fingerprint density at radius 1 is 1.25 bits per heavy atom. The molecule has 0 atom stereocenters. The van der Waals surface area contributed by atoms with E-state index in [0.29, 0.717) is 0 Å². The van der Waals surface area contributed by atoms with Gasteiger partial charge in [0.15, 0.2) is 0 Å². The molecule has 0 fully saturated rings. The fraction of sp³-hybridized carbons (Fsp3) is 1.00. The van der Waals surface area contributed by atoms with E-state index in [1.807, 2.05) is 0 Å². The molecule has 0 bridgehead atoms. The molecule has 74 valence electrons.